The van der Waals surface area contributed by atoms with Crippen molar-refractivity contribution in [3.63, 3.8) is 0 Å². The van der Waals surface area contributed by atoms with Gasteiger partial charge in [-0.25, -0.2) is 19.2 Å². The quantitative estimate of drug-likeness (QED) is 0.351. The minimum absolute atomic E-state index is 0.244. The van der Waals surface area contributed by atoms with E-state index < -0.39 is 0 Å². The van der Waals surface area contributed by atoms with Gasteiger partial charge in [-0.05, 0) is 42.8 Å². The molecule has 0 saturated carbocycles. The Bertz CT molecular complexity index is 1580. The monoisotopic (exact) mass is 456 g/mol. The lowest BCUT2D eigenvalue weighted by molar-refractivity contribution is 0.270. The van der Waals surface area contributed by atoms with Crippen molar-refractivity contribution in [2.45, 2.75) is 13.5 Å². The summed E-state index contributed by atoms with van der Waals surface area (Å²) < 4.78 is 15.2. The van der Waals surface area contributed by atoms with Crippen LogP contribution in [-0.4, -0.2) is 29.4 Å². The number of para-hydroxylation sites is 2. The van der Waals surface area contributed by atoms with Gasteiger partial charge in [0, 0.05) is 0 Å². The molecule has 0 amide bonds. The smallest absolute Gasteiger partial charge is 0.217 e. The highest BCUT2D eigenvalue weighted by Gasteiger charge is 2.17. The first-order valence-corrected chi connectivity index (χ1v) is 10.7. The fraction of sp³-hybridized carbons (Fsp3) is 0.0833. The first-order chi connectivity index (χ1) is 16.2. The summed E-state index contributed by atoms with van der Waals surface area (Å²) in [7, 11) is 0. The van der Waals surface area contributed by atoms with Crippen molar-refractivity contribution >= 4 is 28.3 Å². The Hall–Kier alpha value is -4.17. The lowest BCUT2D eigenvalue weighted by atomic mass is 10.2. The van der Waals surface area contributed by atoms with Crippen LogP contribution in [0.4, 0.5) is 0 Å². The SMILES string of the molecule is Cc1cccc(Cl)c1OCc1ccc(-c2nc3c4cnn(-c5ccccc5)c4ncn3n2)o1. The van der Waals surface area contributed by atoms with Crippen molar-refractivity contribution in [2.24, 2.45) is 0 Å². The second-order valence-electron chi connectivity index (χ2n) is 7.52. The third-order valence-corrected chi connectivity index (χ3v) is 5.61. The molecule has 0 unspecified atom stereocenters. The molecule has 0 spiro atoms. The van der Waals surface area contributed by atoms with E-state index in [0.717, 1.165) is 16.6 Å². The molecule has 162 valence electrons. The topological polar surface area (TPSA) is 83.3 Å². The Morgan fingerprint density at radius 1 is 1.00 bits per heavy atom. The molecular formula is C24H17ClN6O2. The largest absolute Gasteiger partial charge is 0.484 e. The molecule has 6 aromatic rings. The number of benzene rings is 2. The number of furan rings is 1. The molecule has 6 rings (SSSR count). The van der Waals surface area contributed by atoms with Gasteiger partial charge in [0.05, 0.1) is 22.3 Å². The van der Waals surface area contributed by atoms with E-state index in [1.54, 1.807) is 27.8 Å². The van der Waals surface area contributed by atoms with Gasteiger partial charge in [0.2, 0.25) is 5.82 Å². The summed E-state index contributed by atoms with van der Waals surface area (Å²) in [4.78, 5) is 9.22. The van der Waals surface area contributed by atoms with Gasteiger partial charge in [-0.2, -0.15) is 5.10 Å². The number of nitrogens with zero attached hydrogens (tertiary/aromatic N) is 6. The van der Waals surface area contributed by atoms with Crippen molar-refractivity contribution in [1.82, 2.24) is 29.4 Å². The average molecular weight is 457 g/mol. The van der Waals surface area contributed by atoms with Gasteiger partial charge in [-0.1, -0.05) is 41.9 Å². The van der Waals surface area contributed by atoms with Crippen LogP contribution >= 0.6 is 11.6 Å². The van der Waals surface area contributed by atoms with Gasteiger partial charge >= 0.3 is 0 Å². The number of fused-ring (bicyclic) bond motifs is 3. The Balaban J connectivity index is 1.31. The van der Waals surface area contributed by atoms with Gasteiger partial charge in [-0.3, -0.25) is 0 Å². The van der Waals surface area contributed by atoms with Crippen LogP contribution in [-0.2, 0) is 6.61 Å². The summed E-state index contributed by atoms with van der Waals surface area (Å²) in [6, 6.07) is 19.1. The number of aryl methyl sites for hydroxylation is 1. The molecule has 0 aliphatic heterocycles. The average Bonchev–Trinajstić information content (AvgIpc) is 3.56. The van der Waals surface area contributed by atoms with Gasteiger partial charge in [-0.15, -0.1) is 5.10 Å². The molecule has 0 aliphatic carbocycles. The maximum Gasteiger partial charge on any atom is 0.217 e. The van der Waals surface area contributed by atoms with E-state index in [-0.39, 0.29) is 6.61 Å². The number of hydrogen-bond acceptors (Lipinski definition) is 6. The van der Waals surface area contributed by atoms with E-state index in [9.17, 15) is 0 Å². The molecule has 33 heavy (non-hydrogen) atoms. The van der Waals surface area contributed by atoms with Crippen LogP contribution in [0.2, 0.25) is 5.02 Å². The van der Waals surface area contributed by atoms with Crippen LogP contribution in [0.25, 0.3) is 34.0 Å². The van der Waals surface area contributed by atoms with E-state index in [0.29, 0.717) is 39.4 Å². The third kappa shape index (κ3) is 3.41. The normalized spacial score (nSPS) is 11.5. The highest BCUT2D eigenvalue weighted by atomic mass is 35.5. The van der Waals surface area contributed by atoms with Gasteiger partial charge < -0.3 is 9.15 Å². The number of rotatable bonds is 5. The molecule has 0 radical (unpaired) electrons. The lowest BCUT2D eigenvalue weighted by Crippen LogP contribution is -1.98. The van der Waals surface area contributed by atoms with Crippen molar-refractivity contribution < 1.29 is 9.15 Å². The molecule has 0 aliphatic rings. The zero-order valence-electron chi connectivity index (χ0n) is 17.5. The Labute approximate surface area is 193 Å². The van der Waals surface area contributed by atoms with Crippen LogP contribution in [0, 0.1) is 6.92 Å². The number of halogens is 1. The molecule has 9 heteroatoms. The van der Waals surface area contributed by atoms with Crippen molar-refractivity contribution in [3.05, 3.63) is 89.5 Å². The predicted octanol–water partition coefficient (Wildman–Crippen LogP) is 5.26. The molecule has 0 atom stereocenters. The van der Waals surface area contributed by atoms with Gasteiger partial charge in [0.1, 0.15) is 24.4 Å². The maximum atomic E-state index is 6.24. The van der Waals surface area contributed by atoms with E-state index in [1.165, 1.54) is 0 Å². The highest BCUT2D eigenvalue weighted by molar-refractivity contribution is 6.32. The minimum Gasteiger partial charge on any atom is -0.484 e. The lowest BCUT2D eigenvalue weighted by Gasteiger charge is -2.09. The predicted molar refractivity (Wildman–Crippen MR) is 124 cm³/mol. The van der Waals surface area contributed by atoms with E-state index in [1.807, 2.05) is 61.5 Å². The van der Waals surface area contributed by atoms with Crippen molar-refractivity contribution in [2.75, 3.05) is 0 Å². The molecule has 0 saturated heterocycles. The Morgan fingerprint density at radius 3 is 2.73 bits per heavy atom. The standard InChI is InChI=1S/C24H17ClN6O2/c1-15-6-5-9-19(25)21(15)32-13-17-10-11-20(33-17)22-28-24-18-12-27-31(16-7-3-2-4-8-16)23(18)26-14-30(24)29-22/h2-12,14H,13H2,1H3. The molecule has 0 bridgehead atoms. The molecule has 8 nitrogen and oxygen atoms in total. The maximum absolute atomic E-state index is 6.24. The highest BCUT2D eigenvalue weighted by Crippen LogP contribution is 2.29. The third-order valence-electron chi connectivity index (χ3n) is 5.31. The van der Waals surface area contributed by atoms with Crippen LogP contribution in [0.3, 0.4) is 0 Å². The Morgan fingerprint density at radius 2 is 1.88 bits per heavy atom. The number of aromatic nitrogens is 6. The van der Waals surface area contributed by atoms with Crippen LogP contribution in [0.1, 0.15) is 11.3 Å². The second-order valence-corrected chi connectivity index (χ2v) is 7.93. The molecule has 0 fully saturated rings. The summed E-state index contributed by atoms with van der Waals surface area (Å²) in [5.74, 6) is 2.28. The molecule has 4 heterocycles. The Kier molecular flexibility index (Phi) is 4.58. The zero-order valence-corrected chi connectivity index (χ0v) is 18.3. The van der Waals surface area contributed by atoms with Crippen LogP contribution < -0.4 is 4.74 Å². The van der Waals surface area contributed by atoms with Crippen molar-refractivity contribution in [3.8, 4) is 23.0 Å². The number of ether oxygens (including phenoxy) is 1. The minimum atomic E-state index is 0.244. The van der Waals surface area contributed by atoms with E-state index in [2.05, 4.69) is 20.2 Å². The summed E-state index contributed by atoms with van der Waals surface area (Å²) in [5, 5.41) is 10.4. The first kappa shape index (κ1) is 19.5. The van der Waals surface area contributed by atoms with Crippen molar-refractivity contribution in [1.29, 1.82) is 0 Å². The second kappa shape index (κ2) is 7.75. The molecule has 4 aromatic heterocycles. The van der Waals surface area contributed by atoms with Crippen LogP contribution in [0.5, 0.6) is 5.75 Å². The fourth-order valence-electron chi connectivity index (χ4n) is 3.70. The summed E-state index contributed by atoms with van der Waals surface area (Å²) in [6.45, 7) is 2.19. The van der Waals surface area contributed by atoms with Crippen LogP contribution in [0.15, 0.2) is 77.6 Å². The van der Waals surface area contributed by atoms with E-state index >= 15 is 0 Å². The summed E-state index contributed by atoms with van der Waals surface area (Å²) in [6.07, 6.45) is 3.37. The first-order valence-electron chi connectivity index (χ1n) is 10.3. The summed E-state index contributed by atoms with van der Waals surface area (Å²) >= 11 is 6.24. The zero-order chi connectivity index (χ0) is 22.4. The molecule has 2 aromatic carbocycles. The molecular weight excluding hydrogens is 440 g/mol. The van der Waals surface area contributed by atoms with Gasteiger partial charge in [0.25, 0.3) is 0 Å². The number of hydrogen-bond donors (Lipinski definition) is 0. The summed E-state index contributed by atoms with van der Waals surface area (Å²) in [5.41, 5.74) is 3.24. The fourth-order valence-corrected chi connectivity index (χ4v) is 3.98. The van der Waals surface area contributed by atoms with Gasteiger partial charge in [0.15, 0.2) is 17.1 Å². The molecule has 0 N–H and O–H groups in total. The van der Waals surface area contributed by atoms with E-state index in [4.69, 9.17) is 20.8 Å².